The fourth-order valence-corrected chi connectivity index (χ4v) is 19.0. The lowest BCUT2D eigenvalue weighted by molar-refractivity contribution is -0.404. The minimum Gasteiger partial charge on any atom is -0.394 e. The van der Waals surface area contributed by atoms with Crippen molar-refractivity contribution in [3.05, 3.63) is 0 Å². The van der Waals surface area contributed by atoms with E-state index in [1.165, 1.54) is 6.92 Å². The van der Waals surface area contributed by atoms with Crippen LogP contribution < -0.4 is 0 Å². The Labute approximate surface area is 493 Å². The second-order valence-corrected chi connectivity index (χ2v) is 28.7. The van der Waals surface area contributed by atoms with Crippen LogP contribution in [-0.2, 0) is 56.9 Å². The molecule has 11 fully saturated rings. The van der Waals surface area contributed by atoms with E-state index in [1.54, 1.807) is 0 Å². The van der Waals surface area contributed by atoms with Crippen molar-refractivity contribution in [2.45, 2.75) is 271 Å². The highest BCUT2D eigenvalue weighted by Crippen LogP contribution is 2.80. The molecule has 0 aromatic heterocycles. The van der Waals surface area contributed by atoms with Gasteiger partial charge in [0, 0.05) is 16.7 Å². The highest BCUT2D eigenvalue weighted by Gasteiger charge is 2.81. The number of aldehydes is 1. The summed E-state index contributed by atoms with van der Waals surface area (Å²) in [6, 6.07) is 0. The molecule has 0 radical (unpaired) electrons. The lowest BCUT2D eigenvalue weighted by Gasteiger charge is -2.75. The summed E-state index contributed by atoms with van der Waals surface area (Å²) in [5.74, 6) is -0.0406. The summed E-state index contributed by atoms with van der Waals surface area (Å²) in [5, 5.41) is 166. The van der Waals surface area contributed by atoms with E-state index in [0.29, 0.717) is 32.1 Å². The van der Waals surface area contributed by atoms with Crippen LogP contribution in [0, 0.1) is 50.2 Å². The number of ether oxygens (including phenoxy) is 11. The Morgan fingerprint density at radius 3 is 1.78 bits per heavy atom. The first-order chi connectivity index (χ1) is 39.9. The molecule has 27 heteroatoms. The number of carbonyl (C=O) groups excluding carboxylic acids is 1. The molecule has 0 aromatic carbocycles. The summed E-state index contributed by atoms with van der Waals surface area (Å²) in [7, 11) is 0. The third kappa shape index (κ3) is 10.0. The van der Waals surface area contributed by atoms with Crippen LogP contribution in [0.1, 0.15) is 106 Å². The van der Waals surface area contributed by atoms with Crippen LogP contribution in [0.25, 0.3) is 0 Å². The summed E-state index contributed by atoms with van der Waals surface area (Å²) in [6.45, 7) is 12.0. The van der Waals surface area contributed by atoms with Crippen LogP contribution in [0.4, 0.5) is 0 Å². The molecule has 5 saturated carbocycles. The SMILES string of the molecule is C[C@@H]1O[C@@H](O[C@H]2[C@H](O)[C@@H](CO)O[C@@H](O[C@H]3CO[C@@H](O[C@H]4CC[C@@]5(C)C(CC[C@]6(C)C5CC[C@@]57OC[C@@]8([C@H](O)C[C@]56C)[C@H]7C[C@@](C)(C=O)C[C@@H]8O)C4(C)C)[C@H](O[C@@H]4O[C@H](CO)[C@@H](O)[C@H](O)[C@H]4O)[C@H]3O)[C@@H]2O[C@@H]2OC[C@@H](O)[C@H](O)[C@H]2O)[C@H](O)[C@H](O)[C@H]1O. The Morgan fingerprint density at radius 2 is 1.09 bits per heavy atom. The maximum absolute atomic E-state index is 12.7. The van der Waals surface area contributed by atoms with Gasteiger partial charge in [-0.25, -0.2) is 0 Å². The predicted octanol–water partition coefficient (Wildman–Crippen LogP) is -4.07. The summed E-state index contributed by atoms with van der Waals surface area (Å²) >= 11 is 0. The van der Waals surface area contributed by atoms with Gasteiger partial charge in [0.25, 0.3) is 0 Å². The van der Waals surface area contributed by atoms with Crippen molar-refractivity contribution < 1.29 is 133 Å². The van der Waals surface area contributed by atoms with Gasteiger partial charge < -0.3 is 133 Å². The van der Waals surface area contributed by atoms with Crippen LogP contribution in [-0.4, -0.2) is 281 Å². The van der Waals surface area contributed by atoms with Crippen molar-refractivity contribution in [3.63, 3.8) is 0 Å². The second-order valence-electron chi connectivity index (χ2n) is 28.7. The Morgan fingerprint density at radius 1 is 0.506 bits per heavy atom. The molecule has 35 atom stereocenters. The molecule has 2 bridgehead atoms. The molecular weight excluding hydrogens is 1130 g/mol. The molecule has 85 heavy (non-hydrogen) atoms. The summed E-state index contributed by atoms with van der Waals surface area (Å²) < 4.78 is 68.7. The molecule has 27 nitrogen and oxygen atoms in total. The lowest BCUT2D eigenvalue weighted by Crippen LogP contribution is -2.75. The topological polar surface area (TPSA) is 422 Å². The van der Waals surface area contributed by atoms with Gasteiger partial charge in [0.1, 0.15) is 110 Å². The summed E-state index contributed by atoms with van der Waals surface area (Å²) in [4.78, 5) is 12.7. The number of rotatable bonds is 13. The maximum atomic E-state index is 12.7. The molecule has 0 amide bonds. The Bertz CT molecular complexity index is 2360. The maximum Gasteiger partial charge on any atom is 0.187 e. The normalized spacial score (nSPS) is 58.5. The van der Waals surface area contributed by atoms with Crippen molar-refractivity contribution in [2.75, 3.05) is 33.0 Å². The molecule has 6 aliphatic heterocycles. The minimum absolute atomic E-state index is 0.0360. The molecule has 11 aliphatic rings. The summed E-state index contributed by atoms with van der Waals surface area (Å²) in [5.41, 5.74) is -4.07. The quantitative estimate of drug-likeness (QED) is 0.0616. The van der Waals surface area contributed by atoms with Gasteiger partial charge in [0.2, 0.25) is 0 Å². The standard InChI is InChI=1S/C58H94O27/c1-23-34(65)39(70)42(73)48(78-23)83-44-37(68)26(18-60)80-51(46(44)85-47-41(72)35(66)24(62)19-75-47)81-27-20-76-50(45(38(27)69)84-49-43(74)40(71)36(67)25(17-59)79-49)82-33-10-11-54(5)28(52(33,2)3)8-12-55(6)29(54)9-13-58-30-14-53(4,21-61)15-31(63)57(30,22-77-58)32(64)16-56(55,58)7/h21,23-51,59-60,62-74H,8-20,22H2,1-7H3/t23-,24+,25+,26+,27-,28?,29?,30+,31-,32+,33-,34-,35-,36+,37+,38-,39+,40-,41+,42+,43+,44-,45+,46+,47-,48-,49-,50-,51-,53+,54-,55+,56-,57+,58-/m0/s1. The van der Waals surface area contributed by atoms with Gasteiger partial charge in [0.05, 0.1) is 68.5 Å². The van der Waals surface area contributed by atoms with Crippen LogP contribution in [0.5, 0.6) is 0 Å². The Hall–Kier alpha value is -1.37. The third-order valence-corrected chi connectivity index (χ3v) is 24.0. The van der Waals surface area contributed by atoms with Crippen molar-refractivity contribution >= 4 is 6.29 Å². The van der Waals surface area contributed by atoms with E-state index in [4.69, 9.17) is 52.1 Å². The van der Waals surface area contributed by atoms with E-state index in [0.717, 1.165) is 25.5 Å². The average Bonchev–Trinajstić information content (AvgIpc) is 1.62. The fraction of sp³-hybridized carbons (Fsp3) is 0.983. The lowest BCUT2D eigenvalue weighted by atomic mass is 9.30. The number of aliphatic hydroxyl groups excluding tert-OH is 15. The van der Waals surface area contributed by atoms with Crippen molar-refractivity contribution in [1.82, 2.24) is 0 Å². The van der Waals surface area contributed by atoms with Crippen LogP contribution in [0.2, 0.25) is 0 Å². The van der Waals surface area contributed by atoms with Gasteiger partial charge in [-0.05, 0) is 92.8 Å². The molecule has 15 N–H and O–H groups in total. The average molecular weight is 1220 g/mol. The van der Waals surface area contributed by atoms with Gasteiger partial charge in [-0.15, -0.1) is 0 Å². The van der Waals surface area contributed by atoms with Crippen LogP contribution in [0.3, 0.4) is 0 Å². The van der Waals surface area contributed by atoms with Crippen molar-refractivity contribution in [2.24, 2.45) is 50.2 Å². The zero-order chi connectivity index (χ0) is 61.6. The van der Waals surface area contributed by atoms with Crippen LogP contribution in [0.15, 0.2) is 0 Å². The minimum atomic E-state index is -1.96. The second kappa shape index (κ2) is 23.3. The Kier molecular flexibility index (Phi) is 17.9. The third-order valence-electron chi connectivity index (χ3n) is 24.0. The molecule has 6 heterocycles. The molecule has 6 saturated heterocycles. The number of carbonyl (C=O) groups is 1. The van der Waals surface area contributed by atoms with E-state index in [1.807, 2.05) is 6.92 Å². The van der Waals surface area contributed by atoms with E-state index in [9.17, 15) is 81.4 Å². The monoisotopic (exact) mass is 1220 g/mol. The number of hydrogen-bond acceptors (Lipinski definition) is 27. The van der Waals surface area contributed by atoms with E-state index in [2.05, 4.69) is 34.6 Å². The first kappa shape index (κ1) is 65.1. The van der Waals surface area contributed by atoms with E-state index in [-0.39, 0.29) is 41.6 Å². The highest BCUT2D eigenvalue weighted by molar-refractivity contribution is 5.59. The smallest absolute Gasteiger partial charge is 0.187 e. The first-order valence-corrected chi connectivity index (χ1v) is 30.6. The van der Waals surface area contributed by atoms with Gasteiger partial charge in [-0.1, -0.05) is 41.5 Å². The molecule has 5 aliphatic carbocycles. The molecule has 488 valence electrons. The molecule has 2 unspecified atom stereocenters. The zero-order valence-electron chi connectivity index (χ0n) is 49.3. The van der Waals surface area contributed by atoms with Crippen molar-refractivity contribution in [1.29, 1.82) is 0 Å². The van der Waals surface area contributed by atoms with Gasteiger partial charge in [0.15, 0.2) is 31.5 Å². The molecule has 1 spiro atoms. The number of hydrogen-bond donors (Lipinski definition) is 15. The van der Waals surface area contributed by atoms with Crippen molar-refractivity contribution in [3.8, 4) is 0 Å². The van der Waals surface area contributed by atoms with E-state index >= 15 is 0 Å². The highest BCUT2D eigenvalue weighted by atomic mass is 16.8. The van der Waals surface area contributed by atoms with E-state index < -0.39 is 213 Å². The van der Waals surface area contributed by atoms with Crippen LogP contribution >= 0.6 is 0 Å². The Balaban J connectivity index is 0.868. The molecule has 0 aromatic rings. The zero-order valence-corrected chi connectivity index (χ0v) is 49.3. The fourth-order valence-electron chi connectivity index (χ4n) is 19.0. The number of aliphatic hydroxyl groups is 15. The largest absolute Gasteiger partial charge is 0.394 e. The summed E-state index contributed by atoms with van der Waals surface area (Å²) in [6.07, 6.45) is -35.8. The number of fused-ring (bicyclic) bond motifs is 4. The first-order valence-electron chi connectivity index (χ1n) is 30.6. The van der Waals surface area contributed by atoms with Gasteiger partial charge >= 0.3 is 0 Å². The molecule has 11 rings (SSSR count). The van der Waals surface area contributed by atoms with Gasteiger partial charge in [-0.2, -0.15) is 0 Å². The predicted molar refractivity (Wildman–Crippen MR) is 283 cm³/mol. The van der Waals surface area contributed by atoms with Gasteiger partial charge in [-0.3, -0.25) is 0 Å². The molecular formula is C58H94O27.